The van der Waals surface area contributed by atoms with E-state index in [-0.39, 0.29) is 17.9 Å². The van der Waals surface area contributed by atoms with Crippen molar-refractivity contribution in [3.63, 3.8) is 0 Å². The van der Waals surface area contributed by atoms with Crippen LogP contribution in [-0.4, -0.2) is 51.4 Å². The number of halogens is 3. The third kappa shape index (κ3) is 5.41. The van der Waals surface area contributed by atoms with Gasteiger partial charge in [-0.3, -0.25) is 0 Å². The highest BCUT2D eigenvalue weighted by molar-refractivity contribution is 7.91. The topological polar surface area (TPSA) is 37.4 Å². The summed E-state index contributed by atoms with van der Waals surface area (Å²) in [4.78, 5) is 1.78. The second-order valence-electron chi connectivity index (χ2n) is 3.85. The molecule has 1 aliphatic heterocycles. The van der Waals surface area contributed by atoms with Crippen molar-refractivity contribution >= 4 is 16.8 Å². The van der Waals surface area contributed by atoms with E-state index >= 15 is 0 Å². The predicted octanol–water partition coefficient (Wildman–Crippen LogP) is 0.954. The lowest BCUT2D eigenvalue weighted by atomic mass is 9.84. The molecule has 0 unspecified atom stereocenters. The second kappa shape index (κ2) is 4.73. The molecule has 0 saturated carbocycles. The maximum atomic E-state index is 11.9. The van der Waals surface area contributed by atoms with E-state index < -0.39 is 23.1 Å². The highest BCUT2D eigenvalue weighted by atomic mass is 32.2. The SMILES string of the molecule is O=S1(=O)CCN(CCC[B-](F)(F)F)CC1. The van der Waals surface area contributed by atoms with E-state index in [1.54, 1.807) is 4.90 Å². The minimum atomic E-state index is -4.70. The van der Waals surface area contributed by atoms with E-state index in [0.29, 0.717) is 19.6 Å². The van der Waals surface area contributed by atoms with E-state index in [4.69, 9.17) is 0 Å². The molecule has 15 heavy (non-hydrogen) atoms. The first-order chi connectivity index (χ1) is 6.79. The fraction of sp³-hybridized carbons (Fsp3) is 1.00. The summed E-state index contributed by atoms with van der Waals surface area (Å²) in [6.07, 6.45) is -0.660. The van der Waals surface area contributed by atoms with Crippen molar-refractivity contribution in [2.45, 2.75) is 12.7 Å². The van der Waals surface area contributed by atoms with Crippen LogP contribution in [-0.2, 0) is 9.84 Å². The number of nitrogens with zero attached hydrogens (tertiary/aromatic N) is 1. The van der Waals surface area contributed by atoms with Crippen molar-refractivity contribution in [1.82, 2.24) is 4.90 Å². The standard InChI is InChI=1S/C7H14BF3NO2S/c9-8(10,11)2-1-3-12-4-6-15(13,14)7-5-12/h1-7H2/q-1. The number of hydrogen-bond acceptors (Lipinski definition) is 3. The molecule has 8 heteroatoms. The normalized spacial score (nSPS) is 22.9. The monoisotopic (exact) mass is 244 g/mol. The minimum absolute atomic E-state index is 0.0730. The molecule has 1 fully saturated rings. The van der Waals surface area contributed by atoms with Gasteiger partial charge in [0.25, 0.3) is 0 Å². The zero-order valence-electron chi connectivity index (χ0n) is 8.33. The fourth-order valence-electron chi connectivity index (χ4n) is 1.52. The fourth-order valence-corrected chi connectivity index (χ4v) is 2.80. The zero-order chi connectivity index (χ0) is 11.5. The number of rotatable bonds is 4. The van der Waals surface area contributed by atoms with Gasteiger partial charge < -0.3 is 17.8 Å². The van der Waals surface area contributed by atoms with Crippen molar-refractivity contribution in [3.05, 3.63) is 0 Å². The second-order valence-corrected chi connectivity index (χ2v) is 6.15. The molecule has 0 radical (unpaired) electrons. The molecule has 0 bridgehead atoms. The van der Waals surface area contributed by atoms with E-state index in [9.17, 15) is 21.4 Å². The van der Waals surface area contributed by atoms with Crippen LogP contribution < -0.4 is 0 Å². The van der Waals surface area contributed by atoms with Crippen LogP contribution in [0.25, 0.3) is 0 Å². The summed E-state index contributed by atoms with van der Waals surface area (Å²) in [7, 11) is -2.93. The lowest BCUT2D eigenvalue weighted by Crippen LogP contribution is -2.40. The average Bonchev–Trinajstić information content (AvgIpc) is 2.06. The van der Waals surface area contributed by atoms with Gasteiger partial charge in [0.2, 0.25) is 0 Å². The summed E-state index contributed by atoms with van der Waals surface area (Å²) in [5, 5.41) is 0. The van der Waals surface area contributed by atoms with Crippen LogP contribution in [0.15, 0.2) is 0 Å². The third-order valence-electron chi connectivity index (χ3n) is 2.44. The maximum Gasteiger partial charge on any atom is 0.478 e. The van der Waals surface area contributed by atoms with Gasteiger partial charge in [0, 0.05) is 13.1 Å². The Hall–Kier alpha value is -0.235. The van der Waals surface area contributed by atoms with Gasteiger partial charge in [-0.1, -0.05) is 12.7 Å². The number of hydrogen-bond donors (Lipinski definition) is 0. The Labute approximate surface area is 87.6 Å². The molecule has 3 nitrogen and oxygen atoms in total. The molecule has 0 aliphatic carbocycles. The molecular formula is C7H14BF3NO2S-. The van der Waals surface area contributed by atoms with Crippen LogP contribution in [0.2, 0.25) is 6.32 Å². The van der Waals surface area contributed by atoms with E-state index in [2.05, 4.69) is 0 Å². The Balaban J connectivity index is 2.20. The van der Waals surface area contributed by atoms with Crippen LogP contribution in [0.4, 0.5) is 12.9 Å². The third-order valence-corrected chi connectivity index (χ3v) is 4.05. The molecule has 1 aliphatic rings. The molecule has 1 saturated heterocycles. The average molecular weight is 244 g/mol. The van der Waals surface area contributed by atoms with Crippen LogP contribution in [0.5, 0.6) is 0 Å². The van der Waals surface area contributed by atoms with Crippen molar-refractivity contribution in [2.75, 3.05) is 31.1 Å². The van der Waals surface area contributed by atoms with E-state index in [0.717, 1.165) is 0 Å². The Kier molecular flexibility index (Phi) is 4.05. The van der Waals surface area contributed by atoms with Crippen molar-refractivity contribution in [1.29, 1.82) is 0 Å². The highest BCUT2D eigenvalue weighted by Gasteiger charge is 2.24. The Bertz CT molecular complexity index is 290. The Morgan fingerprint density at radius 2 is 1.67 bits per heavy atom. The molecule has 0 aromatic rings. The summed E-state index contributed by atoms with van der Waals surface area (Å²) in [5.41, 5.74) is 0. The van der Waals surface area contributed by atoms with Crippen LogP contribution in [0.1, 0.15) is 6.42 Å². The molecule has 0 spiro atoms. The molecule has 0 atom stereocenters. The van der Waals surface area contributed by atoms with Gasteiger partial charge in [-0.25, -0.2) is 8.42 Å². The van der Waals surface area contributed by atoms with Crippen LogP contribution in [0.3, 0.4) is 0 Å². The van der Waals surface area contributed by atoms with Crippen LogP contribution >= 0.6 is 0 Å². The first kappa shape index (κ1) is 12.8. The first-order valence-corrected chi connectivity index (χ1v) is 6.74. The minimum Gasteiger partial charge on any atom is -0.449 e. The molecule has 0 aromatic heterocycles. The summed E-state index contributed by atoms with van der Waals surface area (Å²) >= 11 is 0. The number of sulfone groups is 1. The van der Waals surface area contributed by atoms with Gasteiger partial charge >= 0.3 is 6.98 Å². The van der Waals surface area contributed by atoms with Gasteiger partial charge in [0.15, 0.2) is 9.84 Å². The van der Waals surface area contributed by atoms with Gasteiger partial charge in [0.05, 0.1) is 11.5 Å². The molecular weight excluding hydrogens is 230 g/mol. The lowest BCUT2D eigenvalue weighted by molar-refractivity contribution is 0.292. The molecule has 0 N–H and O–H groups in total. The zero-order valence-corrected chi connectivity index (χ0v) is 9.15. The lowest BCUT2D eigenvalue weighted by Gasteiger charge is -2.27. The van der Waals surface area contributed by atoms with E-state index in [1.165, 1.54) is 0 Å². The van der Waals surface area contributed by atoms with Gasteiger partial charge in [0.1, 0.15) is 0 Å². The van der Waals surface area contributed by atoms with Crippen molar-refractivity contribution < 1.29 is 21.4 Å². The smallest absolute Gasteiger partial charge is 0.449 e. The van der Waals surface area contributed by atoms with Gasteiger partial charge in [-0.15, -0.1) is 0 Å². The largest absolute Gasteiger partial charge is 0.478 e. The molecule has 0 aromatic carbocycles. The summed E-state index contributed by atoms with van der Waals surface area (Å²) in [5.74, 6) is 0.147. The van der Waals surface area contributed by atoms with E-state index in [1.807, 2.05) is 0 Å². The molecule has 90 valence electrons. The quantitative estimate of drug-likeness (QED) is 0.691. The maximum absolute atomic E-state index is 11.9. The Morgan fingerprint density at radius 3 is 2.13 bits per heavy atom. The molecule has 1 heterocycles. The molecule has 1 rings (SSSR count). The van der Waals surface area contributed by atoms with Crippen LogP contribution in [0, 0.1) is 0 Å². The molecule has 0 amide bonds. The predicted molar refractivity (Wildman–Crippen MR) is 53.6 cm³/mol. The Morgan fingerprint density at radius 1 is 1.13 bits per heavy atom. The van der Waals surface area contributed by atoms with Crippen molar-refractivity contribution in [3.8, 4) is 0 Å². The van der Waals surface area contributed by atoms with Gasteiger partial charge in [-0.05, 0) is 6.54 Å². The highest BCUT2D eigenvalue weighted by Crippen LogP contribution is 2.17. The summed E-state index contributed by atoms with van der Waals surface area (Å²) in [6.45, 7) is -3.62. The summed E-state index contributed by atoms with van der Waals surface area (Å²) in [6, 6.07) is 0. The van der Waals surface area contributed by atoms with Crippen molar-refractivity contribution in [2.24, 2.45) is 0 Å². The summed E-state index contributed by atoms with van der Waals surface area (Å²) < 4.78 is 57.7. The van der Waals surface area contributed by atoms with Gasteiger partial charge in [-0.2, -0.15) is 0 Å². The first-order valence-electron chi connectivity index (χ1n) is 4.92.